The Hall–Kier alpha value is -2.34. The standard InChI is InChI=1S/C19H27N3O3/c1-5-17-16(10-20-22(17)11-13(3)4)19(24)21-15-7-8-18(25-6-2)14(9-15)12-23/h7-10,13,23H,5-6,11-12H2,1-4H3,(H,21,24). The molecule has 1 aromatic heterocycles. The molecule has 0 aliphatic carbocycles. The Morgan fingerprint density at radius 2 is 2.12 bits per heavy atom. The molecule has 0 saturated heterocycles. The third-order valence-corrected chi connectivity index (χ3v) is 3.85. The fourth-order valence-electron chi connectivity index (χ4n) is 2.75. The molecule has 0 aliphatic heterocycles. The van der Waals surface area contributed by atoms with Crippen LogP contribution in [-0.4, -0.2) is 27.4 Å². The minimum Gasteiger partial charge on any atom is -0.494 e. The molecule has 1 amide bonds. The van der Waals surface area contributed by atoms with Gasteiger partial charge in [0, 0.05) is 17.8 Å². The number of aromatic nitrogens is 2. The van der Waals surface area contributed by atoms with Crippen LogP contribution in [-0.2, 0) is 19.6 Å². The molecule has 0 fully saturated rings. The summed E-state index contributed by atoms with van der Waals surface area (Å²) in [5.74, 6) is 0.890. The zero-order valence-corrected chi connectivity index (χ0v) is 15.4. The van der Waals surface area contributed by atoms with Gasteiger partial charge in [-0.05, 0) is 37.5 Å². The number of benzene rings is 1. The van der Waals surface area contributed by atoms with Gasteiger partial charge in [0.25, 0.3) is 5.91 Å². The van der Waals surface area contributed by atoms with Crippen molar-refractivity contribution >= 4 is 11.6 Å². The lowest BCUT2D eigenvalue weighted by molar-refractivity contribution is 0.102. The van der Waals surface area contributed by atoms with Crippen LogP contribution >= 0.6 is 0 Å². The van der Waals surface area contributed by atoms with Crippen LogP contribution in [0.3, 0.4) is 0 Å². The van der Waals surface area contributed by atoms with E-state index in [2.05, 4.69) is 24.3 Å². The summed E-state index contributed by atoms with van der Waals surface area (Å²) in [7, 11) is 0. The molecule has 0 atom stereocenters. The maximum absolute atomic E-state index is 12.6. The number of hydrogen-bond acceptors (Lipinski definition) is 4. The van der Waals surface area contributed by atoms with Crippen LogP contribution < -0.4 is 10.1 Å². The van der Waals surface area contributed by atoms with E-state index >= 15 is 0 Å². The topological polar surface area (TPSA) is 76.4 Å². The van der Waals surface area contributed by atoms with Gasteiger partial charge in [-0.25, -0.2) is 0 Å². The van der Waals surface area contributed by atoms with E-state index in [0.29, 0.717) is 35.1 Å². The molecule has 0 unspecified atom stereocenters. The van der Waals surface area contributed by atoms with Gasteiger partial charge in [0.15, 0.2) is 0 Å². The summed E-state index contributed by atoms with van der Waals surface area (Å²) in [6, 6.07) is 5.26. The summed E-state index contributed by atoms with van der Waals surface area (Å²) in [6.45, 7) is 9.31. The number of carbonyl (C=O) groups is 1. The molecule has 136 valence electrons. The van der Waals surface area contributed by atoms with Crippen molar-refractivity contribution in [2.45, 2.75) is 47.3 Å². The van der Waals surface area contributed by atoms with Gasteiger partial charge in [0.1, 0.15) is 5.75 Å². The number of nitrogens with one attached hydrogen (secondary N) is 1. The Kier molecular flexibility index (Phi) is 6.58. The van der Waals surface area contributed by atoms with Gasteiger partial charge < -0.3 is 15.2 Å². The molecule has 0 saturated carbocycles. The SMILES string of the molecule is CCOc1ccc(NC(=O)c2cnn(CC(C)C)c2CC)cc1CO. The van der Waals surface area contributed by atoms with E-state index in [4.69, 9.17) is 4.74 Å². The maximum atomic E-state index is 12.6. The molecule has 2 rings (SSSR count). The number of aliphatic hydroxyl groups is 1. The van der Waals surface area contributed by atoms with Gasteiger partial charge in [-0.3, -0.25) is 9.48 Å². The Bertz CT molecular complexity index is 723. The highest BCUT2D eigenvalue weighted by Crippen LogP contribution is 2.24. The molecule has 2 N–H and O–H groups in total. The second-order valence-electron chi connectivity index (χ2n) is 6.30. The van der Waals surface area contributed by atoms with Gasteiger partial charge >= 0.3 is 0 Å². The summed E-state index contributed by atoms with van der Waals surface area (Å²) < 4.78 is 7.36. The van der Waals surface area contributed by atoms with E-state index in [9.17, 15) is 9.90 Å². The average molecular weight is 345 g/mol. The normalized spacial score (nSPS) is 11.0. The van der Waals surface area contributed by atoms with Crippen molar-refractivity contribution in [1.82, 2.24) is 9.78 Å². The summed E-state index contributed by atoms with van der Waals surface area (Å²) in [5.41, 5.74) is 2.78. The number of hydrogen-bond donors (Lipinski definition) is 2. The first-order chi connectivity index (χ1) is 12.0. The molecule has 0 bridgehead atoms. The Labute approximate surface area is 148 Å². The van der Waals surface area contributed by atoms with Gasteiger partial charge in [-0.15, -0.1) is 0 Å². The number of aliphatic hydroxyl groups excluding tert-OH is 1. The highest BCUT2D eigenvalue weighted by molar-refractivity contribution is 6.05. The number of rotatable bonds is 8. The van der Waals surface area contributed by atoms with Crippen LogP contribution in [0.25, 0.3) is 0 Å². The molecular formula is C19H27N3O3. The largest absolute Gasteiger partial charge is 0.494 e. The quantitative estimate of drug-likeness (QED) is 0.770. The van der Waals surface area contributed by atoms with Crippen molar-refractivity contribution < 1.29 is 14.6 Å². The fourth-order valence-corrected chi connectivity index (χ4v) is 2.75. The van der Waals surface area contributed by atoms with Gasteiger partial charge in [-0.1, -0.05) is 20.8 Å². The Balaban J connectivity index is 2.21. The molecule has 25 heavy (non-hydrogen) atoms. The highest BCUT2D eigenvalue weighted by Gasteiger charge is 2.17. The smallest absolute Gasteiger partial charge is 0.259 e. The summed E-state index contributed by atoms with van der Waals surface area (Å²) in [5, 5.41) is 16.7. The maximum Gasteiger partial charge on any atom is 0.259 e. The Morgan fingerprint density at radius 1 is 1.36 bits per heavy atom. The van der Waals surface area contributed by atoms with Gasteiger partial charge in [0.2, 0.25) is 0 Å². The van der Waals surface area contributed by atoms with Crippen LogP contribution in [0, 0.1) is 5.92 Å². The van der Waals surface area contributed by atoms with Crippen molar-refractivity contribution in [3.05, 3.63) is 41.2 Å². The number of anilines is 1. The number of amides is 1. The van der Waals surface area contributed by atoms with Crippen LogP contribution in [0.4, 0.5) is 5.69 Å². The predicted octanol–water partition coefficient (Wildman–Crippen LogP) is 3.24. The first-order valence-corrected chi connectivity index (χ1v) is 8.72. The van der Waals surface area contributed by atoms with E-state index in [1.54, 1.807) is 24.4 Å². The minimum atomic E-state index is -0.195. The molecule has 0 spiro atoms. The van der Waals surface area contributed by atoms with E-state index < -0.39 is 0 Å². The lowest BCUT2D eigenvalue weighted by Gasteiger charge is -2.12. The number of nitrogens with zero attached hydrogens (tertiary/aromatic N) is 2. The number of carbonyl (C=O) groups excluding carboxylic acids is 1. The minimum absolute atomic E-state index is 0.147. The molecule has 2 aromatic rings. The van der Waals surface area contributed by atoms with E-state index in [0.717, 1.165) is 18.7 Å². The predicted molar refractivity (Wildman–Crippen MR) is 97.9 cm³/mol. The molecule has 1 aromatic carbocycles. The monoisotopic (exact) mass is 345 g/mol. The molecule has 1 heterocycles. The van der Waals surface area contributed by atoms with Crippen LogP contribution in [0.1, 0.15) is 49.3 Å². The average Bonchev–Trinajstić information content (AvgIpc) is 2.98. The van der Waals surface area contributed by atoms with Crippen LogP contribution in [0.2, 0.25) is 0 Å². The molecule has 0 radical (unpaired) electrons. The third-order valence-electron chi connectivity index (χ3n) is 3.85. The summed E-state index contributed by atoms with van der Waals surface area (Å²) in [4.78, 5) is 12.6. The lowest BCUT2D eigenvalue weighted by atomic mass is 10.1. The Morgan fingerprint density at radius 3 is 2.72 bits per heavy atom. The molecule has 6 nitrogen and oxygen atoms in total. The van der Waals surface area contributed by atoms with E-state index in [1.807, 2.05) is 18.5 Å². The summed E-state index contributed by atoms with van der Waals surface area (Å²) >= 11 is 0. The van der Waals surface area contributed by atoms with Crippen LogP contribution in [0.5, 0.6) is 5.75 Å². The molecule has 0 aliphatic rings. The van der Waals surface area contributed by atoms with Gasteiger partial charge in [-0.2, -0.15) is 5.10 Å². The number of ether oxygens (including phenoxy) is 1. The van der Waals surface area contributed by atoms with Gasteiger partial charge in [0.05, 0.1) is 30.7 Å². The lowest BCUT2D eigenvalue weighted by Crippen LogP contribution is -2.16. The van der Waals surface area contributed by atoms with Crippen molar-refractivity contribution in [3.63, 3.8) is 0 Å². The first-order valence-electron chi connectivity index (χ1n) is 8.72. The van der Waals surface area contributed by atoms with Crippen molar-refractivity contribution in [2.24, 2.45) is 5.92 Å². The molecular weight excluding hydrogens is 318 g/mol. The third kappa shape index (κ3) is 4.60. The second-order valence-corrected chi connectivity index (χ2v) is 6.30. The van der Waals surface area contributed by atoms with Crippen molar-refractivity contribution in [1.29, 1.82) is 0 Å². The van der Waals surface area contributed by atoms with Crippen LogP contribution in [0.15, 0.2) is 24.4 Å². The highest BCUT2D eigenvalue weighted by atomic mass is 16.5. The molecule has 6 heteroatoms. The van der Waals surface area contributed by atoms with Crippen molar-refractivity contribution in [3.8, 4) is 5.75 Å². The zero-order chi connectivity index (χ0) is 18.4. The van der Waals surface area contributed by atoms with E-state index in [1.165, 1.54) is 0 Å². The van der Waals surface area contributed by atoms with E-state index in [-0.39, 0.29) is 12.5 Å². The summed E-state index contributed by atoms with van der Waals surface area (Å²) in [6.07, 6.45) is 2.36. The fraction of sp³-hybridized carbons (Fsp3) is 0.474. The van der Waals surface area contributed by atoms with Crippen molar-refractivity contribution in [2.75, 3.05) is 11.9 Å². The zero-order valence-electron chi connectivity index (χ0n) is 15.4. The first kappa shape index (κ1) is 19.0. The second kappa shape index (κ2) is 8.67.